The molecule has 1 heterocycles. The van der Waals surface area contributed by atoms with Gasteiger partial charge in [0.2, 0.25) is 5.13 Å². The third-order valence-corrected chi connectivity index (χ3v) is 6.97. The number of hydrogen-bond acceptors (Lipinski definition) is 6. The quantitative estimate of drug-likeness (QED) is 0.402. The second kappa shape index (κ2) is 8.17. The summed E-state index contributed by atoms with van der Waals surface area (Å²) in [7, 11) is -3.36. The molecule has 1 aromatic heterocycles. The predicted octanol–water partition coefficient (Wildman–Crippen LogP) is 4.32. The maximum absolute atomic E-state index is 14.5. The molecular formula is C17H13ClF3N3O3S2. The first-order valence-electron chi connectivity index (χ1n) is 7.92. The van der Waals surface area contributed by atoms with E-state index in [1.54, 1.807) is 25.1 Å². The maximum atomic E-state index is 14.5. The van der Waals surface area contributed by atoms with Crippen LogP contribution in [0.4, 0.5) is 18.3 Å². The van der Waals surface area contributed by atoms with E-state index in [1.165, 1.54) is 7.11 Å². The van der Waals surface area contributed by atoms with E-state index >= 15 is 0 Å². The fraction of sp³-hybridized carbons (Fsp3) is 0.176. The Bertz CT molecular complexity index is 1160. The zero-order chi connectivity index (χ0) is 21.3. The van der Waals surface area contributed by atoms with Crippen molar-refractivity contribution in [1.82, 2.24) is 9.36 Å². The number of methoxy groups -OCH3 is 1. The normalized spacial score (nSPS) is 11.5. The number of aromatic nitrogens is 2. The fourth-order valence-corrected chi connectivity index (χ4v) is 5.01. The SMILES string of the molecule is COc1ccc(CN(c2ncns2)S(=O)(=O)c2c(F)cc(F)c(Cl)c2F)c(C)c1. The highest BCUT2D eigenvalue weighted by Gasteiger charge is 2.35. The average molecular weight is 464 g/mol. The predicted molar refractivity (Wildman–Crippen MR) is 102 cm³/mol. The summed E-state index contributed by atoms with van der Waals surface area (Å²) in [5.74, 6) is -4.18. The molecule has 6 nitrogen and oxygen atoms in total. The molecule has 0 aliphatic carbocycles. The van der Waals surface area contributed by atoms with Gasteiger partial charge >= 0.3 is 0 Å². The van der Waals surface area contributed by atoms with Gasteiger partial charge in [-0.25, -0.2) is 30.9 Å². The van der Waals surface area contributed by atoms with Crippen LogP contribution in [0.15, 0.2) is 35.5 Å². The van der Waals surface area contributed by atoms with Crippen LogP contribution in [-0.4, -0.2) is 24.9 Å². The summed E-state index contributed by atoms with van der Waals surface area (Å²) in [6, 6.07) is 5.12. The van der Waals surface area contributed by atoms with Crippen LogP contribution in [0.3, 0.4) is 0 Å². The first-order valence-corrected chi connectivity index (χ1v) is 10.5. The smallest absolute Gasteiger partial charge is 0.272 e. The lowest BCUT2D eigenvalue weighted by Crippen LogP contribution is -2.32. The van der Waals surface area contributed by atoms with Gasteiger partial charge in [0.25, 0.3) is 10.0 Å². The summed E-state index contributed by atoms with van der Waals surface area (Å²) < 4.78 is 78.1. The molecule has 0 saturated carbocycles. The summed E-state index contributed by atoms with van der Waals surface area (Å²) in [5, 5.41) is -1.25. The van der Waals surface area contributed by atoms with Crippen molar-refractivity contribution in [2.45, 2.75) is 18.4 Å². The number of benzene rings is 2. The van der Waals surface area contributed by atoms with E-state index < -0.39 is 37.4 Å². The lowest BCUT2D eigenvalue weighted by atomic mass is 10.1. The van der Waals surface area contributed by atoms with Crippen molar-refractivity contribution in [3.05, 3.63) is 64.2 Å². The van der Waals surface area contributed by atoms with Crippen molar-refractivity contribution in [2.75, 3.05) is 11.4 Å². The number of sulfonamides is 1. The molecular weight excluding hydrogens is 451 g/mol. The molecule has 0 aliphatic heterocycles. The molecule has 0 saturated heterocycles. The van der Waals surface area contributed by atoms with Crippen LogP contribution in [0, 0.1) is 24.4 Å². The zero-order valence-corrected chi connectivity index (χ0v) is 17.4. The van der Waals surface area contributed by atoms with Crippen molar-refractivity contribution in [3.63, 3.8) is 0 Å². The van der Waals surface area contributed by atoms with Gasteiger partial charge in [-0.2, -0.15) is 4.37 Å². The Morgan fingerprint density at radius 2 is 1.93 bits per heavy atom. The number of rotatable bonds is 6. The van der Waals surface area contributed by atoms with Crippen molar-refractivity contribution in [1.29, 1.82) is 0 Å². The third kappa shape index (κ3) is 4.02. The van der Waals surface area contributed by atoms with Crippen molar-refractivity contribution in [2.24, 2.45) is 0 Å². The van der Waals surface area contributed by atoms with E-state index in [0.29, 0.717) is 32.7 Å². The molecule has 12 heteroatoms. The molecule has 0 N–H and O–H groups in total. The maximum Gasteiger partial charge on any atom is 0.272 e. The number of halogens is 4. The van der Waals surface area contributed by atoms with E-state index in [2.05, 4.69) is 9.36 Å². The molecule has 0 unspecified atom stereocenters. The Hall–Kier alpha value is -2.37. The summed E-state index contributed by atoms with van der Waals surface area (Å²) >= 11 is 6.18. The molecule has 0 amide bonds. The lowest BCUT2D eigenvalue weighted by molar-refractivity contribution is 0.414. The molecule has 0 radical (unpaired) electrons. The molecule has 0 aliphatic rings. The van der Waals surface area contributed by atoms with Gasteiger partial charge in [0.05, 0.1) is 13.7 Å². The van der Waals surface area contributed by atoms with Gasteiger partial charge in [0, 0.05) is 17.6 Å². The van der Waals surface area contributed by atoms with Gasteiger partial charge in [0.15, 0.2) is 10.7 Å². The van der Waals surface area contributed by atoms with Gasteiger partial charge in [0.1, 0.15) is 28.7 Å². The molecule has 0 bridgehead atoms. The van der Waals surface area contributed by atoms with Crippen LogP contribution in [0.25, 0.3) is 0 Å². The Morgan fingerprint density at radius 3 is 2.52 bits per heavy atom. The molecule has 29 heavy (non-hydrogen) atoms. The third-order valence-electron chi connectivity index (χ3n) is 4.05. The zero-order valence-electron chi connectivity index (χ0n) is 15.0. The molecule has 3 rings (SSSR count). The second-order valence-electron chi connectivity index (χ2n) is 5.83. The lowest BCUT2D eigenvalue weighted by Gasteiger charge is -2.23. The standard InChI is InChI=1S/C17H13ClF3N3O3S2/c1-9-5-11(27-2)4-3-10(9)7-24(17-22-8-23-28-17)29(25,26)16-13(20)6-12(19)14(18)15(16)21/h3-6,8H,7H2,1-2H3. The number of ether oxygens (including phenoxy) is 1. The van der Waals surface area contributed by atoms with Gasteiger partial charge < -0.3 is 4.74 Å². The molecule has 154 valence electrons. The highest BCUT2D eigenvalue weighted by molar-refractivity contribution is 7.93. The minimum atomic E-state index is -4.85. The summed E-state index contributed by atoms with van der Waals surface area (Å²) in [6.07, 6.45) is 1.10. The topological polar surface area (TPSA) is 72.4 Å². The molecule has 3 aromatic rings. The molecule has 2 aromatic carbocycles. The van der Waals surface area contributed by atoms with Crippen LogP contribution >= 0.6 is 23.1 Å². The monoisotopic (exact) mass is 463 g/mol. The minimum absolute atomic E-state index is 0.125. The number of nitrogens with zero attached hydrogens (tertiary/aromatic N) is 3. The van der Waals surface area contributed by atoms with Crippen LogP contribution in [0.1, 0.15) is 11.1 Å². The highest BCUT2D eigenvalue weighted by Crippen LogP contribution is 2.34. The molecule has 0 atom stereocenters. The summed E-state index contributed by atoms with van der Waals surface area (Å²) in [5.41, 5.74) is 1.20. The van der Waals surface area contributed by atoms with Crippen molar-refractivity contribution < 1.29 is 26.3 Å². The first kappa shape index (κ1) is 21.3. The fourth-order valence-electron chi connectivity index (χ4n) is 2.56. The van der Waals surface area contributed by atoms with Crippen molar-refractivity contribution in [3.8, 4) is 5.75 Å². The Morgan fingerprint density at radius 1 is 1.21 bits per heavy atom. The van der Waals surface area contributed by atoms with Crippen molar-refractivity contribution >= 4 is 38.3 Å². The number of hydrogen-bond donors (Lipinski definition) is 0. The molecule has 0 spiro atoms. The largest absolute Gasteiger partial charge is 0.497 e. The van der Waals surface area contributed by atoms with Gasteiger partial charge in [-0.3, -0.25) is 0 Å². The highest BCUT2D eigenvalue weighted by atomic mass is 35.5. The molecule has 0 fully saturated rings. The number of aryl methyl sites for hydroxylation is 1. The van der Waals surface area contributed by atoms with Gasteiger partial charge in [-0.05, 0) is 30.2 Å². The summed E-state index contributed by atoms with van der Waals surface area (Å²) in [4.78, 5) is 2.47. The van der Waals surface area contributed by atoms with Gasteiger partial charge in [-0.1, -0.05) is 17.7 Å². The second-order valence-corrected chi connectivity index (χ2v) is 8.76. The van der Waals surface area contributed by atoms with Gasteiger partial charge in [-0.15, -0.1) is 0 Å². The van der Waals surface area contributed by atoms with E-state index in [0.717, 1.165) is 6.33 Å². The van der Waals surface area contributed by atoms with Crippen LogP contribution in [-0.2, 0) is 16.6 Å². The van der Waals surface area contributed by atoms with E-state index in [-0.39, 0.29) is 17.7 Å². The van der Waals surface area contributed by atoms with E-state index in [9.17, 15) is 21.6 Å². The Labute approximate surface area is 173 Å². The minimum Gasteiger partial charge on any atom is -0.497 e. The Kier molecular flexibility index (Phi) is 6.01. The summed E-state index contributed by atoms with van der Waals surface area (Å²) in [6.45, 7) is 1.42. The van der Waals surface area contributed by atoms with E-state index in [4.69, 9.17) is 16.3 Å². The van der Waals surface area contributed by atoms with Crippen LogP contribution in [0.2, 0.25) is 5.02 Å². The van der Waals surface area contributed by atoms with E-state index in [1.807, 2.05) is 0 Å². The Balaban J connectivity index is 2.15. The first-order chi connectivity index (χ1) is 13.7. The van der Waals surface area contributed by atoms with Crippen LogP contribution < -0.4 is 9.04 Å². The number of anilines is 1. The van der Waals surface area contributed by atoms with Crippen LogP contribution in [0.5, 0.6) is 5.75 Å². The average Bonchev–Trinajstić information content (AvgIpc) is 3.18.